The fraction of sp³-hybridized carbons (Fsp3) is 0.500. The first-order valence-corrected chi connectivity index (χ1v) is 8.40. The van der Waals surface area contributed by atoms with Crippen LogP contribution in [0.4, 0.5) is 5.69 Å². The van der Waals surface area contributed by atoms with Gasteiger partial charge in [-0.2, -0.15) is 0 Å². The summed E-state index contributed by atoms with van der Waals surface area (Å²) in [6.07, 6.45) is 1.91. The molecule has 1 aliphatic rings. The van der Waals surface area contributed by atoms with Gasteiger partial charge in [0.25, 0.3) is 5.69 Å². The maximum absolute atomic E-state index is 12.3. The van der Waals surface area contributed by atoms with Gasteiger partial charge in [-0.1, -0.05) is 11.6 Å². The first-order chi connectivity index (χ1) is 9.90. The van der Waals surface area contributed by atoms with Crippen LogP contribution in [-0.2, 0) is 10.0 Å². The van der Waals surface area contributed by atoms with Gasteiger partial charge in [0.2, 0.25) is 10.0 Å². The van der Waals surface area contributed by atoms with Crippen LogP contribution in [0.3, 0.4) is 0 Å². The summed E-state index contributed by atoms with van der Waals surface area (Å²) in [5.41, 5.74) is -0.478. The van der Waals surface area contributed by atoms with Crippen LogP contribution >= 0.6 is 11.6 Å². The van der Waals surface area contributed by atoms with Crippen LogP contribution in [0.5, 0.6) is 0 Å². The molecule has 0 amide bonds. The molecule has 1 atom stereocenters. The average molecular weight is 334 g/mol. The quantitative estimate of drug-likeness (QED) is 0.628. The zero-order valence-electron chi connectivity index (χ0n) is 11.2. The summed E-state index contributed by atoms with van der Waals surface area (Å²) < 4.78 is 27.0. The number of sulfonamides is 1. The summed E-state index contributed by atoms with van der Waals surface area (Å²) >= 11 is 5.75. The molecule has 116 valence electrons. The second-order valence-corrected chi connectivity index (χ2v) is 7.11. The average Bonchev–Trinajstić information content (AvgIpc) is 2.46. The molecule has 0 aromatic heterocycles. The Kier molecular flexibility index (Phi) is 5.15. The minimum atomic E-state index is -3.96. The van der Waals surface area contributed by atoms with E-state index in [1.54, 1.807) is 0 Å². The van der Waals surface area contributed by atoms with E-state index < -0.39 is 25.5 Å². The molecule has 21 heavy (non-hydrogen) atoms. The Morgan fingerprint density at radius 3 is 2.86 bits per heavy atom. The van der Waals surface area contributed by atoms with Crippen molar-refractivity contribution in [3.8, 4) is 0 Å². The topological polar surface area (TPSA) is 101 Å². The number of benzene rings is 1. The summed E-state index contributed by atoms with van der Waals surface area (Å²) in [6.45, 7) is 1.92. The predicted octanol–water partition coefficient (Wildman–Crippen LogP) is 1.53. The Labute approximate surface area is 127 Å². The Hall–Kier alpha value is -1.22. The highest BCUT2D eigenvalue weighted by molar-refractivity contribution is 7.89. The molecule has 0 radical (unpaired) electrons. The van der Waals surface area contributed by atoms with Crippen LogP contribution in [0.1, 0.15) is 12.8 Å². The first-order valence-electron chi connectivity index (χ1n) is 6.54. The number of hydrogen-bond donors (Lipinski definition) is 2. The Morgan fingerprint density at radius 2 is 2.24 bits per heavy atom. The second kappa shape index (κ2) is 6.69. The normalized spacial score (nSPS) is 19.4. The van der Waals surface area contributed by atoms with E-state index in [1.807, 2.05) is 0 Å². The lowest BCUT2D eigenvalue weighted by Gasteiger charge is -2.22. The fourth-order valence-electron chi connectivity index (χ4n) is 2.26. The molecule has 1 saturated heterocycles. The third-order valence-electron chi connectivity index (χ3n) is 3.37. The molecule has 0 aliphatic carbocycles. The second-order valence-electron chi connectivity index (χ2n) is 4.93. The van der Waals surface area contributed by atoms with Crippen molar-refractivity contribution in [1.82, 2.24) is 10.0 Å². The summed E-state index contributed by atoms with van der Waals surface area (Å²) in [5.74, 6) is 0.187. The highest BCUT2D eigenvalue weighted by atomic mass is 35.5. The smallest absolute Gasteiger partial charge is 0.289 e. The van der Waals surface area contributed by atoms with Gasteiger partial charge in [0.15, 0.2) is 4.90 Å². The summed E-state index contributed by atoms with van der Waals surface area (Å²) in [6, 6.07) is 3.49. The fourth-order valence-corrected chi connectivity index (χ4v) is 3.81. The zero-order chi connectivity index (χ0) is 15.5. The highest BCUT2D eigenvalue weighted by Crippen LogP contribution is 2.27. The molecule has 1 aliphatic heterocycles. The Morgan fingerprint density at radius 1 is 1.48 bits per heavy atom. The number of nitro groups is 1. The van der Waals surface area contributed by atoms with Crippen LogP contribution in [0.2, 0.25) is 5.02 Å². The summed E-state index contributed by atoms with van der Waals surface area (Å²) in [4.78, 5) is 9.82. The van der Waals surface area contributed by atoms with Crippen molar-refractivity contribution in [3.05, 3.63) is 33.3 Å². The molecule has 2 rings (SSSR count). The number of piperidine rings is 1. The molecule has 1 heterocycles. The van der Waals surface area contributed by atoms with Crippen LogP contribution < -0.4 is 10.0 Å². The van der Waals surface area contributed by atoms with E-state index >= 15 is 0 Å². The van der Waals surface area contributed by atoms with E-state index in [0.29, 0.717) is 0 Å². The van der Waals surface area contributed by atoms with E-state index in [2.05, 4.69) is 10.0 Å². The van der Waals surface area contributed by atoms with Crippen molar-refractivity contribution in [3.63, 3.8) is 0 Å². The van der Waals surface area contributed by atoms with Crippen molar-refractivity contribution in [1.29, 1.82) is 0 Å². The van der Waals surface area contributed by atoms with Crippen LogP contribution in [0.25, 0.3) is 0 Å². The minimum Gasteiger partial charge on any atom is -0.316 e. The van der Waals surface area contributed by atoms with Crippen molar-refractivity contribution in [2.45, 2.75) is 17.7 Å². The van der Waals surface area contributed by atoms with Gasteiger partial charge in [0, 0.05) is 17.6 Å². The molecule has 9 heteroatoms. The standard InChI is InChI=1S/C12H16ClN3O4S/c13-10-3-4-11(16(17)18)12(6-10)21(19,20)15-8-9-2-1-5-14-7-9/h3-4,6,9,14-15H,1-2,5,7-8H2. The molecule has 1 aromatic carbocycles. The van der Waals surface area contributed by atoms with Gasteiger partial charge in [-0.15, -0.1) is 0 Å². The third kappa shape index (κ3) is 4.13. The number of nitrogens with one attached hydrogen (secondary N) is 2. The third-order valence-corrected chi connectivity index (χ3v) is 5.06. The zero-order valence-corrected chi connectivity index (χ0v) is 12.8. The lowest BCUT2D eigenvalue weighted by molar-refractivity contribution is -0.387. The summed E-state index contributed by atoms with van der Waals surface area (Å²) in [5, 5.41) is 14.3. The van der Waals surface area contributed by atoms with Gasteiger partial charge >= 0.3 is 0 Å². The van der Waals surface area contributed by atoms with Gasteiger partial charge < -0.3 is 5.32 Å². The van der Waals surface area contributed by atoms with Crippen molar-refractivity contribution < 1.29 is 13.3 Å². The number of rotatable bonds is 5. The Bertz CT molecular complexity index is 629. The van der Waals surface area contributed by atoms with E-state index in [9.17, 15) is 18.5 Å². The molecule has 1 aromatic rings. The molecule has 0 spiro atoms. The lowest BCUT2D eigenvalue weighted by atomic mass is 10.0. The van der Waals surface area contributed by atoms with Crippen molar-refractivity contribution in [2.24, 2.45) is 5.92 Å². The van der Waals surface area contributed by atoms with Crippen molar-refractivity contribution >= 4 is 27.3 Å². The number of halogens is 1. The highest BCUT2D eigenvalue weighted by Gasteiger charge is 2.27. The van der Waals surface area contributed by atoms with Crippen molar-refractivity contribution in [2.75, 3.05) is 19.6 Å². The Balaban J connectivity index is 2.18. The molecule has 7 nitrogen and oxygen atoms in total. The minimum absolute atomic E-state index is 0.139. The van der Waals surface area contributed by atoms with Crippen LogP contribution in [-0.4, -0.2) is 33.0 Å². The number of nitrogens with zero attached hydrogens (tertiary/aromatic N) is 1. The lowest BCUT2D eigenvalue weighted by Crippen LogP contribution is -2.38. The SMILES string of the molecule is O=[N+]([O-])c1ccc(Cl)cc1S(=O)(=O)NCC1CCCNC1. The van der Waals surface area contributed by atoms with Gasteiger partial charge in [-0.25, -0.2) is 13.1 Å². The van der Waals surface area contributed by atoms with E-state index in [1.165, 1.54) is 6.07 Å². The number of nitro benzene ring substituents is 1. The molecule has 1 unspecified atom stereocenters. The maximum Gasteiger partial charge on any atom is 0.289 e. The first kappa shape index (κ1) is 16.2. The largest absolute Gasteiger partial charge is 0.316 e. The molecule has 0 bridgehead atoms. The van der Waals surface area contributed by atoms with Gasteiger partial charge in [-0.3, -0.25) is 10.1 Å². The van der Waals surface area contributed by atoms with Crippen LogP contribution in [0.15, 0.2) is 23.1 Å². The van der Waals surface area contributed by atoms with Gasteiger partial charge in [-0.05, 0) is 44.0 Å². The number of hydrogen-bond acceptors (Lipinski definition) is 5. The maximum atomic E-state index is 12.3. The van der Waals surface area contributed by atoms with E-state index in [0.717, 1.165) is 38.1 Å². The molecule has 1 fully saturated rings. The molecular weight excluding hydrogens is 318 g/mol. The molecular formula is C12H16ClN3O4S. The monoisotopic (exact) mass is 333 g/mol. The summed E-state index contributed by atoms with van der Waals surface area (Å²) in [7, 11) is -3.96. The van der Waals surface area contributed by atoms with Gasteiger partial charge in [0.1, 0.15) is 0 Å². The van der Waals surface area contributed by atoms with Gasteiger partial charge in [0.05, 0.1) is 4.92 Å². The van der Waals surface area contributed by atoms with E-state index in [4.69, 9.17) is 11.6 Å². The van der Waals surface area contributed by atoms with Crippen LogP contribution in [0, 0.1) is 16.0 Å². The molecule has 0 saturated carbocycles. The predicted molar refractivity (Wildman–Crippen MR) is 78.9 cm³/mol. The van der Waals surface area contributed by atoms with E-state index in [-0.39, 0.29) is 17.5 Å². The molecule has 2 N–H and O–H groups in total.